The van der Waals surface area contributed by atoms with Gasteiger partial charge in [-0.05, 0) is 50.4 Å². The third kappa shape index (κ3) is 5.48. The van der Waals surface area contributed by atoms with Crippen molar-refractivity contribution >= 4 is 17.7 Å². The number of thioether (sulfide) groups is 1. The fraction of sp³-hybridized carbons (Fsp3) is 0.316. The number of likely N-dealkylation sites (N-methyl/N-ethyl adjacent to an activating group) is 1. The van der Waals surface area contributed by atoms with Crippen LogP contribution >= 0.6 is 11.8 Å². The van der Waals surface area contributed by atoms with E-state index in [1.807, 2.05) is 20.1 Å². The predicted octanol–water partition coefficient (Wildman–Crippen LogP) is 4.61. The third-order valence-electron chi connectivity index (χ3n) is 3.90. The quantitative estimate of drug-likeness (QED) is 0.378. The maximum absolute atomic E-state index is 12.3. The van der Waals surface area contributed by atoms with E-state index in [9.17, 15) is 18.0 Å². The van der Waals surface area contributed by atoms with E-state index in [2.05, 4.69) is 21.3 Å². The summed E-state index contributed by atoms with van der Waals surface area (Å²) in [6.45, 7) is 7.85. The molecule has 2 aromatic rings. The van der Waals surface area contributed by atoms with Crippen molar-refractivity contribution in [3.63, 3.8) is 0 Å². The van der Waals surface area contributed by atoms with E-state index in [0.29, 0.717) is 23.6 Å². The lowest BCUT2D eigenvalue weighted by Crippen LogP contribution is -2.29. The SMILES string of the molecule is C=CC(=O)N(CC)Cc1nc(SC)c(C)c(-c2ccc(OC(F)(F)F)cc2)n1. The molecule has 1 aromatic carbocycles. The van der Waals surface area contributed by atoms with Crippen molar-refractivity contribution in [3.8, 4) is 17.0 Å². The van der Waals surface area contributed by atoms with Gasteiger partial charge in [-0.1, -0.05) is 6.58 Å². The minimum absolute atomic E-state index is 0.206. The van der Waals surface area contributed by atoms with Crippen LogP contribution in [0.3, 0.4) is 0 Å². The molecule has 28 heavy (non-hydrogen) atoms. The number of carbonyl (C=O) groups is 1. The highest BCUT2D eigenvalue weighted by Crippen LogP contribution is 2.30. The number of nitrogens with zero attached hydrogens (tertiary/aromatic N) is 3. The summed E-state index contributed by atoms with van der Waals surface area (Å²) < 4.78 is 40.9. The summed E-state index contributed by atoms with van der Waals surface area (Å²) in [6, 6.07) is 5.50. The monoisotopic (exact) mass is 411 g/mol. The molecule has 0 N–H and O–H groups in total. The molecule has 5 nitrogen and oxygen atoms in total. The molecule has 0 aliphatic carbocycles. The first-order valence-corrected chi connectivity index (χ1v) is 9.60. The number of carbonyl (C=O) groups excluding carboxylic acids is 1. The molecule has 0 aliphatic rings. The maximum Gasteiger partial charge on any atom is 0.573 e. The van der Waals surface area contributed by atoms with Gasteiger partial charge in [-0.15, -0.1) is 24.9 Å². The Kier molecular flexibility index (Phi) is 7.06. The molecule has 0 spiro atoms. The Bertz CT molecular complexity index is 855. The molecule has 0 bridgehead atoms. The standard InChI is InChI=1S/C19H20F3N3O2S/c1-5-16(26)25(6-2)11-15-23-17(12(3)18(24-15)28-4)13-7-9-14(10-8-13)27-19(20,21)22/h5,7-10H,1,6,11H2,2-4H3. The minimum Gasteiger partial charge on any atom is -0.406 e. The van der Waals surface area contributed by atoms with Crippen LogP contribution in [0.15, 0.2) is 41.9 Å². The fourth-order valence-corrected chi connectivity index (χ4v) is 3.15. The van der Waals surface area contributed by atoms with E-state index in [0.717, 1.165) is 10.6 Å². The van der Waals surface area contributed by atoms with E-state index in [4.69, 9.17) is 0 Å². The van der Waals surface area contributed by atoms with Crippen molar-refractivity contribution in [1.82, 2.24) is 14.9 Å². The molecule has 0 saturated carbocycles. The van der Waals surface area contributed by atoms with Gasteiger partial charge in [-0.2, -0.15) is 0 Å². The number of hydrogen-bond donors (Lipinski definition) is 0. The number of rotatable bonds is 7. The van der Waals surface area contributed by atoms with E-state index in [1.165, 1.54) is 42.1 Å². The summed E-state index contributed by atoms with van der Waals surface area (Å²) in [6.07, 6.45) is -1.64. The highest BCUT2D eigenvalue weighted by atomic mass is 32.2. The Morgan fingerprint density at radius 2 is 1.93 bits per heavy atom. The lowest BCUT2D eigenvalue weighted by molar-refractivity contribution is -0.274. The Balaban J connectivity index is 2.40. The number of aromatic nitrogens is 2. The zero-order valence-corrected chi connectivity index (χ0v) is 16.5. The molecule has 1 aromatic heterocycles. The zero-order valence-electron chi connectivity index (χ0n) is 15.7. The van der Waals surface area contributed by atoms with Gasteiger partial charge < -0.3 is 9.64 Å². The van der Waals surface area contributed by atoms with Crippen LogP contribution in [-0.2, 0) is 11.3 Å². The lowest BCUT2D eigenvalue weighted by atomic mass is 10.1. The molecule has 0 aliphatic heterocycles. The fourth-order valence-electron chi connectivity index (χ4n) is 2.55. The molecule has 0 fully saturated rings. The second-order valence-corrected chi connectivity index (χ2v) is 6.55. The van der Waals surface area contributed by atoms with Crippen molar-refractivity contribution in [2.75, 3.05) is 12.8 Å². The van der Waals surface area contributed by atoms with Crippen LogP contribution in [0.2, 0.25) is 0 Å². The number of alkyl halides is 3. The van der Waals surface area contributed by atoms with Crippen molar-refractivity contribution in [1.29, 1.82) is 0 Å². The molecular weight excluding hydrogens is 391 g/mol. The zero-order chi connectivity index (χ0) is 20.9. The van der Waals surface area contributed by atoms with Gasteiger partial charge >= 0.3 is 6.36 Å². The first-order valence-electron chi connectivity index (χ1n) is 8.37. The smallest absolute Gasteiger partial charge is 0.406 e. The second-order valence-electron chi connectivity index (χ2n) is 5.75. The van der Waals surface area contributed by atoms with Crippen LogP contribution in [0.4, 0.5) is 13.2 Å². The number of ether oxygens (including phenoxy) is 1. The average molecular weight is 411 g/mol. The number of amides is 1. The van der Waals surface area contributed by atoms with Gasteiger partial charge in [0.05, 0.1) is 12.2 Å². The Morgan fingerprint density at radius 1 is 1.29 bits per heavy atom. The summed E-state index contributed by atoms with van der Waals surface area (Å²) in [5.41, 5.74) is 2.03. The number of halogens is 3. The minimum atomic E-state index is -4.74. The lowest BCUT2D eigenvalue weighted by Gasteiger charge is -2.19. The van der Waals surface area contributed by atoms with E-state index in [-0.39, 0.29) is 18.2 Å². The first-order chi connectivity index (χ1) is 13.2. The number of hydrogen-bond acceptors (Lipinski definition) is 5. The summed E-state index contributed by atoms with van der Waals surface area (Å²) in [4.78, 5) is 22.5. The van der Waals surface area contributed by atoms with Crippen LogP contribution in [0, 0.1) is 6.92 Å². The van der Waals surface area contributed by atoms with Crippen molar-refractivity contribution < 1.29 is 22.7 Å². The Morgan fingerprint density at radius 3 is 2.43 bits per heavy atom. The second kappa shape index (κ2) is 9.09. The largest absolute Gasteiger partial charge is 0.573 e. The highest BCUT2D eigenvalue weighted by Gasteiger charge is 2.31. The van der Waals surface area contributed by atoms with Gasteiger partial charge in [-0.25, -0.2) is 9.97 Å². The predicted molar refractivity (Wildman–Crippen MR) is 102 cm³/mol. The van der Waals surface area contributed by atoms with Crippen LogP contribution in [0.25, 0.3) is 11.3 Å². The summed E-state index contributed by atoms with van der Waals surface area (Å²) in [5.74, 6) is -0.0905. The van der Waals surface area contributed by atoms with E-state index in [1.54, 1.807) is 4.90 Å². The van der Waals surface area contributed by atoms with Crippen molar-refractivity contribution in [3.05, 3.63) is 48.3 Å². The topological polar surface area (TPSA) is 55.3 Å². The molecule has 1 amide bonds. The maximum atomic E-state index is 12.3. The van der Waals surface area contributed by atoms with Gasteiger partial charge in [-0.3, -0.25) is 4.79 Å². The Hall–Kier alpha value is -2.55. The number of benzene rings is 1. The van der Waals surface area contributed by atoms with Gasteiger partial charge in [0.1, 0.15) is 16.6 Å². The molecule has 1 heterocycles. The molecule has 9 heteroatoms. The van der Waals surface area contributed by atoms with Crippen molar-refractivity contribution in [2.45, 2.75) is 31.8 Å². The van der Waals surface area contributed by atoms with Crippen LogP contribution in [0.5, 0.6) is 5.75 Å². The van der Waals surface area contributed by atoms with E-state index < -0.39 is 6.36 Å². The molecule has 0 unspecified atom stereocenters. The van der Waals surface area contributed by atoms with Gasteiger partial charge in [0, 0.05) is 17.7 Å². The van der Waals surface area contributed by atoms with Crippen LogP contribution < -0.4 is 4.74 Å². The molecule has 2 rings (SSSR count). The van der Waals surface area contributed by atoms with Crippen LogP contribution in [0.1, 0.15) is 18.3 Å². The van der Waals surface area contributed by atoms with Gasteiger partial charge in [0.25, 0.3) is 0 Å². The normalized spacial score (nSPS) is 11.2. The average Bonchev–Trinajstić information content (AvgIpc) is 2.66. The molecule has 0 atom stereocenters. The van der Waals surface area contributed by atoms with Crippen LogP contribution in [-0.4, -0.2) is 39.9 Å². The summed E-state index contributed by atoms with van der Waals surface area (Å²) >= 11 is 1.43. The van der Waals surface area contributed by atoms with Crippen molar-refractivity contribution in [2.24, 2.45) is 0 Å². The molecular formula is C19H20F3N3O2S. The van der Waals surface area contributed by atoms with Gasteiger partial charge in [0.15, 0.2) is 0 Å². The van der Waals surface area contributed by atoms with E-state index >= 15 is 0 Å². The molecule has 150 valence electrons. The highest BCUT2D eigenvalue weighted by molar-refractivity contribution is 7.98. The molecule has 0 saturated heterocycles. The summed E-state index contributed by atoms with van der Waals surface area (Å²) in [5, 5.41) is 0.734. The summed E-state index contributed by atoms with van der Waals surface area (Å²) in [7, 11) is 0. The first kappa shape index (κ1) is 21.7. The Labute approximate surface area is 165 Å². The third-order valence-corrected chi connectivity index (χ3v) is 4.69. The molecule has 0 radical (unpaired) electrons. The van der Waals surface area contributed by atoms with Gasteiger partial charge in [0.2, 0.25) is 5.91 Å².